The molecule has 4 heteroatoms. The fourth-order valence-electron chi connectivity index (χ4n) is 3.29. The van der Waals surface area contributed by atoms with Crippen molar-refractivity contribution in [2.45, 2.75) is 58.5 Å². The maximum absolute atomic E-state index is 4.51. The molecule has 108 valence electrons. The van der Waals surface area contributed by atoms with Gasteiger partial charge in [0.1, 0.15) is 0 Å². The SMILES string of the molecule is CCCn1ncc(Br)c1C(NC)C1CCC(C)CC1. The Labute approximate surface area is 125 Å². The van der Waals surface area contributed by atoms with Crippen molar-refractivity contribution in [3.05, 3.63) is 16.4 Å². The highest BCUT2D eigenvalue weighted by Crippen LogP contribution is 2.38. The van der Waals surface area contributed by atoms with Crippen molar-refractivity contribution in [3.63, 3.8) is 0 Å². The molecule has 19 heavy (non-hydrogen) atoms. The van der Waals surface area contributed by atoms with Crippen LogP contribution in [0.5, 0.6) is 0 Å². The van der Waals surface area contributed by atoms with Gasteiger partial charge < -0.3 is 5.32 Å². The highest BCUT2D eigenvalue weighted by molar-refractivity contribution is 9.10. The van der Waals surface area contributed by atoms with Crippen molar-refractivity contribution in [1.29, 1.82) is 0 Å². The van der Waals surface area contributed by atoms with Crippen LogP contribution in [0.3, 0.4) is 0 Å². The van der Waals surface area contributed by atoms with Crippen LogP contribution in [0.25, 0.3) is 0 Å². The van der Waals surface area contributed by atoms with Gasteiger partial charge in [0.25, 0.3) is 0 Å². The number of aromatic nitrogens is 2. The van der Waals surface area contributed by atoms with E-state index in [0.29, 0.717) is 6.04 Å². The molecule has 1 atom stereocenters. The number of halogens is 1. The van der Waals surface area contributed by atoms with Crippen LogP contribution in [0.15, 0.2) is 10.7 Å². The van der Waals surface area contributed by atoms with E-state index in [0.717, 1.165) is 29.3 Å². The highest BCUT2D eigenvalue weighted by atomic mass is 79.9. The van der Waals surface area contributed by atoms with Gasteiger partial charge in [0.2, 0.25) is 0 Å². The van der Waals surface area contributed by atoms with Crippen LogP contribution in [-0.2, 0) is 6.54 Å². The molecule has 1 heterocycles. The van der Waals surface area contributed by atoms with E-state index in [9.17, 15) is 0 Å². The first-order valence-corrected chi connectivity index (χ1v) is 8.35. The van der Waals surface area contributed by atoms with Crippen LogP contribution in [0.4, 0.5) is 0 Å². The van der Waals surface area contributed by atoms with Gasteiger partial charge in [0.05, 0.1) is 22.4 Å². The first-order chi connectivity index (χ1) is 9.17. The van der Waals surface area contributed by atoms with Gasteiger partial charge in [-0.25, -0.2) is 0 Å². The monoisotopic (exact) mass is 327 g/mol. The predicted molar refractivity (Wildman–Crippen MR) is 83.1 cm³/mol. The van der Waals surface area contributed by atoms with Crippen molar-refractivity contribution in [3.8, 4) is 0 Å². The molecule has 1 aromatic heterocycles. The molecule has 0 aliphatic heterocycles. The lowest BCUT2D eigenvalue weighted by atomic mass is 9.78. The van der Waals surface area contributed by atoms with Crippen molar-refractivity contribution in [1.82, 2.24) is 15.1 Å². The second-order valence-electron chi connectivity index (χ2n) is 5.89. The molecule has 1 N–H and O–H groups in total. The Balaban J connectivity index is 2.19. The molecule has 1 aliphatic carbocycles. The van der Waals surface area contributed by atoms with Gasteiger partial charge in [-0.1, -0.05) is 26.7 Å². The normalized spacial score (nSPS) is 25.5. The van der Waals surface area contributed by atoms with Crippen LogP contribution in [-0.4, -0.2) is 16.8 Å². The Morgan fingerprint density at radius 3 is 2.68 bits per heavy atom. The summed E-state index contributed by atoms with van der Waals surface area (Å²) in [6.07, 6.45) is 8.46. The van der Waals surface area contributed by atoms with Gasteiger partial charge in [-0.2, -0.15) is 5.10 Å². The Bertz CT molecular complexity index is 394. The number of aryl methyl sites for hydroxylation is 1. The van der Waals surface area contributed by atoms with Crippen LogP contribution in [0, 0.1) is 11.8 Å². The maximum Gasteiger partial charge on any atom is 0.0698 e. The maximum atomic E-state index is 4.51. The Morgan fingerprint density at radius 1 is 1.42 bits per heavy atom. The van der Waals surface area contributed by atoms with Crippen LogP contribution in [0.2, 0.25) is 0 Å². The zero-order chi connectivity index (χ0) is 13.8. The lowest BCUT2D eigenvalue weighted by molar-refractivity contribution is 0.230. The topological polar surface area (TPSA) is 29.9 Å². The van der Waals surface area contributed by atoms with Gasteiger partial charge in [0.15, 0.2) is 0 Å². The van der Waals surface area contributed by atoms with Crippen molar-refractivity contribution < 1.29 is 0 Å². The minimum atomic E-state index is 0.427. The molecule has 3 nitrogen and oxygen atoms in total. The molecule has 1 fully saturated rings. The molecule has 0 aromatic carbocycles. The van der Waals surface area contributed by atoms with E-state index in [2.05, 4.69) is 51.9 Å². The van der Waals surface area contributed by atoms with Crippen LogP contribution >= 0.6 is 15.9 Å². The fraction of sp³-hybridized carbons (Fsp3) is 0.800. The first kappa shape index (κ1) is 15.0. The smallest absolute Gasteiger partial charge is 0.0698 e. The van der Waals surface area contributed by atoms with Gasteiger partial charge in [-0.05, 0) is 54.1 Å². The Kier molecular flexibility index (Phi) is 5.46. The zero-order valence-electron chi connectivity index (χ0n) is 12.3. The van der Waals surface area contributed by atoms with E-state index in [-0.39, 0.29) is 0 Å². The average Bonchev–Trinajstić information content (AvgIpc) is 2.76. The number of rotatable bonds is 5. The van der Waals surface area contributed by atoms with E-state index in [4.69, 9.17) is 0 Å². The van der Waals surface area contributed by atoms with Gasteiger partial charge in [-0.15, -0.1) is 0 Å². The number of hydrogen-bond acceptors (Lipinski definition) is 2. The minimum Gasteiger partial charge on any atom is -0.311 e. The predicted octanol–water partition coefficient (Wildman–Crippen LogP) is 4.14. The molecule has 1 aromatic rings. The average molecular weight is 328 g/mol. The zero-order valence-corrected chi connectivity index (χ0v) is 13.9. The third-order valence-corrected chi connectivity index (χ3v) is 5.02. The summed E-state index contributed by atoms with van der Waals surface area (Å²) >= 11 is 3.68. The van der Waals surface area contributed by atoms with Crippen molar-refractivity contribution in [2.75, 3.05) is 7.05 Å². The summed E-state index contributed by atoms with van der Waals surface area (Å²) < 4.78 is 3.32. The fourth-order valence-corrected chi connectivity index (χ4v) is 3.83. The molecular weight excluding hydrogens is 302 g/mol. The third-order valence-electron chi connectivity index (χ3n) is 4.41. The summed E-state index contributed by atoms with van der Waals surface area (Å²) in [5, 5.41) is 8.05. The highest BCUT2D eigenvalue weighted by Gasteiger charge is 2.29. The molecule has 0 amide bonds. The number of hydrogen-bond donors (Lipinski definition) is 1. The second-order valence-corrected chi connectivity index (χ2v) is 6.74. The largest absolute Gasteiger partial charge is 0.311 e. The van der Waals surface area contributed by atoms with Crippen LogP contribution in [0.1, 0.15) is 57.7 Å². The van der Waals surface area contributed by atoms with Crippen molar-refractivity contribution in [2.24, 2.45) is 11.8 Å². The minimum absolute atomic E-state index is 0.427. The molecule has 0 bridgehead atoms. The molecule has 1 aliphatic rings. The molecular formula is C15H26BrN3. The standard InChI is InChI=1S/C15H26BrN3/c1-4-9-19-15(13(16)10-18-19)14(17-3)12-7-5-11(2)6-8-12/h10-12,14,17H,4-9H2,1-3H3. The van der Waals surface area contributed by atoms with Crippen molar-refractivity contribution >= 4 is 15.9 Å². The molecule has 1 unspecified atom stereocenters. The summed E-state index contributed by atoms with van der Waals surface area (Å²) in [6, 6.07) is 0.427. The molecule has 1 saturated carbocycles. The number of nitrogens with one attached hydrogen (secondary N) is 1. The first-order valence-electron chi connectivity index (χ1n) is 7.55. The van der Waals surface area contributed by atoms with E-state index in [1.54, 1.807) is 0 Å². The summed E-state index contributed by atoms with van der Waals surface area (Å²) in [4.78, 5) is 0. The van der Waals surface area contributed by atoms with E-state index in [1.807, 2.05) is 6.20 Å². The Hall–Kier alpha value is -0.350. The van der Waals surface area contributed by atoms with Gasteiger partial charge in [0, 0.05) is 6.54 Å². The van der Waals surface area contributed by atoms with E-state index >= 15 is 0 Å². The molecule has 0 saturated heterocycles. The Morgan fingerprint density at radius 2 is 2.11 bits per heavy atom. The third kappa shape index (κ3) is 3.40. The molecule has 0 spiro atoms. The lowest BCUT2D eigenvalue weighted by Gasteiger charge is -2.33. The van der Waals surface area contributed by atoms with Crippen LogP contribution < -0.4 is 5.32 Å². The summed E-state index contributed by atoms with van der Waals surface area (Å²) in [7, 11) is 2.08. The lowest BCUT2D eigenvalue weighted by Crippen LogP contribution is -2.30. The summed E-state index contributed by atoms with van der Waals surface area (Å²) in [5.41, 5.74) is 1.34. The van der Waals surface area contributed by atoms with Gasteiger partial charge in [-0.3, -0.25) is 4.68 Å². The molecule has 2 rings (SSSR count). The number of nitrogens with zero attached hydrogens (tertiary/aromatic N) is 2. The van der Waals surface area contributed by atoms with E-state index in [1.165, 1.54) is 31.4 Å². The summed E-state index contributed by atoms with van der Waals surface area (Å²) in [6.45, 7) is 5.58. The quantitative estimate of drug-likeness (QED) is 0.880. The second kappa shape index (κ2) is 6.89. The van der Waals surface area contributed by atoms with E-state index < -0.39 is 0 Å². The summed E-state index contributed by atoms with van der Waals surface area (Å²) in [5.74, 6) is 1.64. The molecule has 0 radical (unpaired) electrons. The van der Waals surface area contributed by atoms with Gasteiger partial charge >= 0.3 is 0 Å².